The average molecular weight is 351 g/mol. The normalized spacial score (nSPS) is 19.6. The molecule has 3 aromatic carbocycles. The van der Waals surface area contributed by atoms with E-state index in [0.717, 1.165) is 5.56 Å². The molecule has 1 N–H and O–H groups in total. The van der Waals surface area contributed by atoms with Crippen LogP contribution in [-0.4, -0.2) is 11.1 Å². The van der Waals surface area contributed by atoms with Crippen molar-refractivity contribution >= 4 is 17.6 Å². The number of phenolic OH excluding ortho intramolecular Hbond substituents is 1. The predicted octanol–water partition coefficient (Wildman–Crippen LogP) is 4.61. The van der Waals surface area contributed by atoms with E-state index in [-0.39, 0.29) is 5.75 Å². The van der Waals surface area contributed by atoms with E-state index in [1.807, 2.05) is 18.2 Å². The number of ether oxygens (including phenoxy) is 2. The minimum absolute atomic E-state index is 0.0667. The third-order valence-electron chi connectivity index (χ3n) is 4.66. The fourth-order valence-electron chi connectivity index (χ4n) is 3.64. The fourth-order valence-corrected chi connectivity index (χ4v) is 3.80. The number of phenols is 1. The second-order valence-electron chi connectivity index (χ2n) is 6.04. The topological polar surface area (TPSA) is 55.8 Å². The van der Waals surface area contributed by atoms with Crippen molar-refractivity contribution in [1.82, 2.24) is 0 Å². The number of hydrogen-bond acceptors (Lipinski definition) is 4. The average Bonchev–Trinajstić information content (AvgIpc) is 2.88. The van der Waals surface area contributed by atoms with Crippen LogP contribution in [0.25, 0.3) is 0 Å². The van der Waals surface area contributed by atoms with Gasteiger partial charge in [0.15, 0.2) is 5.60 Å². The highest BCUT2D eigenvalue weighted by Gasteiger charge is 2.53. The molecule has 0 saturated heterocycles. The van der Waals surface area contributed by atoms with Crippen LogP contribution in [0.4, 0.5) is 0 Å². The number of rotatable bonds is 0. The lowest BCUT2D eigenvalue weighted by molar-refractivity contribution is 0.0224. The quantitative estimate of drug-likeness (QED) is 0.601. The Labute approximate surface area is 148 Å². The third kappa shape index (κ3) is 1.80. The van der Waals surface area contributed by atoms with E-state index in [2.05, 4.69) is 0 Å². The van der Waals surface area contributed by atoms with Crippen molar-refractivity contribution in [2.24, 2.45) is 0 Å². The molecule has 2 aliphatic rings. The van der Waals surface area contributed by atoms with Gasteiger partial charge in [0, 0.05) is 27.8 Å². The molecule has 0 aromatic heterocycles. The Morgan fingerprint density at radius 2 is 1.60 bits per heavy atom. The maximum absolute atomic E-state index is 12.6. The van der Waals surface area contributed by atoms with Gasteiger partial charge < -0.3 is 14.6 Å². The minimum Gasteiger partial charge on any atom is -0.508 e. The van der Waals surface area contributed by atoms with Crippen LogP contribution in [0.3, 0.4) is 0 Å². The van der Waals surface area contributed by atoms with Gasteiger partial charge in [0.25, 0.3) is 0 Å². The summed E-state index contributed by atoms with van der Waals surface area (Å²) in [4.78, 5) is 12.6. The van der Waals surface area contributed by atoms with Crippen molar-refractivity contribution in [3.8, 4) is 17.2 Å². The van der Waals surface area contributed by atoms with Gasteiger partial charge in [-0.25, -0.2) is 4.79 Å². The van der Waals surface area contributed by atoms with Crippen LogP contribution in [0.2, 0.25) is 5.02 Å². The van der Waals surface area contributed by atoms with Gasteiger partial charge in [-0.05, 0) is 36.4 Å². The molecule has 0 saturated carbocycles. The fraction of sp³-hybridized carbons (Fsp3) is 0.0500. The van der Waals surface area contributed by atoms with Crippen molar-refractivity contribution in [2.75, 3.05) is 0 Å². The molecule has 25 heavy (non-hydrogen) atoms. The Hall–Kier alpha value is -2.98. The summed E-state index contributed by atoms with van der Waals surface area (Å²) < 4.78 is 11.9. The van der Waals surface area contributed by atoms with E-state index in [9.17, 15) is 9.90 Å². The predicted molar refractivity (Wildman–Crippen MR) is 91.4 cm³/mol. The summed E-state index contributed by atoms with van der Waals surface area (Å²) in [6.45, 7) is 0. The number of hydrogen-bond donors (Lipinski definition) is 1. The van der Waals surface area contributed by atoms with Crippen molar-refractivity contribution in [1.29, 1.82) is 0 Å². The molecule has 0 aliphatic carbocycles. The summed E-state index contributed by atoms with van der Waals surface area (Å²) in [6.07, 6.45) is 0. The van der Waals surface area contributed by atoms with E-state index in [1.165, 1.54) is 6.07 Å². The van der Waals surface area contributed by atoms with Crippen molar-refractivity contribution in [2.45, 2.75) is 5.60 Å². The first kappa shape index (κ1) is 14.4. The van der Waals surface area contributed by atoms with Gasteiger partial charge in [-0.1, -0.05) is 29.8 Å². The molecule has 1 atom stereocenters. The Kier molecular flexibility index (Phi) is 2.74. The molecule has 2 heterocycles. The Morgan fingerprint density at radius 3 is 2.44 bits per heavy atom. The van der Waals surface area contributed by atoms with Crippen molar-refractivity contribution in [3.63, 3.8) is 0 Å². The second-order valence-corrected chi connectivity index (χ2v) is 6.48. The molecule has 1 spiro atoms. The molecule has 122 valence electrons. The van der Waals surface area contributed by atoms with Gasteiger partial charge in [0.1, 0.15) is 17.2 Å². The second kappa shape index (κ2) is 4.77. The number of benzene rings is 3. The summed E-state index contributed by atoms with van der Waals surface area (Å²) in [5, 5.41) is 10.4. The number of carbonyl (C=O) groups is 1. The number of esters is 1. The molecule has 0 radical (unpaired) electrons. The zero-order chi connectivity index (χ0) is 17.2. The highest BCUT2D eigenvalue weighted by atomic mass is 35.5. The van der Waals surface area contributed by atoms with Gasteiger partial charge in [0.05, 0.1) is 5.56 Å². The number of fused-ring (bicyclic) bond motifs is 6. The molecule has 0 amide bonds. The standard InChI is InChI=1S/C20H11ClO4/c21-11-5-7-15-17(9-11)24-18-10-12(22)6-8-16(18)20(15)14-4-2-1-3-13(14)19(23)25-20/h1-10,22H/t20-/m1/s1. The van der Waals surface area contributed by atoms with E-state index >= 15 is 0 Å². The molecule has 0 fully saturated rings. The number of carbonyl (C=O) groups excluding carboxylic acids is 1. The highest BCUT2D eigenvalue weighted by molar-refractivity contribution is 6.30. The Morgan fingerprint density at radius 1 is 0.880 bits per heavy atom. The summed E-state index contributed by atoms with van der Waals surface area (Å²) in [7, 11) is 0. The maximum atomic E-state index is 12.6. The minimum atomic E-state index is -1.12. The smallest absolute Gasteiger partial charge is 0.340 e. The largest absolute Gasteiger partial charge is 0.508 e. The van der Waals surface area contributed by atoms with Crippen LogP contribution in [0, 0.1) is 0 Å². The molecule has 5 heteroatoms. The lowest BCUT2D eigenvalue weighted by atomic mass is 9.78. The zero-order valence-corrected chi connectivity index (χ0v) is 13.6. The van der Waals surface area contributed by atoms with Crippen molar-refractivity contribution < 1.29 is 19.4 Å². The van der Waals surface area contributed by atoms with Crippen LogP contribution in [0.15, 0.2) is 60.7 Å². The first-order chi connectivity index (χ1) is 12.1. The van der Waals surface area contributed by atoms with E-state index in [1.54, 1.807) is 36.4 Å². The molecular formula is C20H11ClO4. The molecule has 5 rings (SSSR count). The lowest BCUT2D eigenvalue weighted by Crippen LogP contribution is -2.32. The van der Waals surface area contributed by atoms with Gasteiger partial charge in [-0.3, -0.25) is 0 Å². The molecule has 4 nitrogen and oxygen atoms in total. The van der Waals surface area contributed by atoms with Gasteiger partial charge in [-0.2, -0.15) is 0 Å². The maximum Gasteiger partial charge on any atom is 0.340 e. The first-order valence-corrected chi connectivity index (χ1v) is 8.11. The van der Waals surface area contributed by atoms with Crippen LogP contribution in [0.1, 0.15) is 27.0 Å². The monoisotopic (exact) mass is 350 g/mol. The van der Waals surface area contributed by atoms with Crippen LogP contribution in [0.5, 0.6) is 17.2 Å². The molecule has 0 bridgehead atoms. The number of aromatic hydroxyl groups is 1. The van der Waals surface area contributed by atoms with E-state index < -0.39 is 11.6 Å². The van der Waals surface area contributed by atoms with Gasteiger partial charge in [0.2, 0.25) is 0 Å². The Bertz CT molecular complexity index is 1010. The first-order valence-electron chi connectivity index (χ1n) is 7.74. The van der Waals surface area contributed by atoms with E-state index in [4.69, 9.17) is 21.1 Å². The van der Waals surface area contributed by atoms with Gasteiger partial charge in [-0.15, -0.1) is 0 Å². The number of halogens is 1. The van der Waals surface area contributed by atoms with E-state index in [0.29, 0.717) is 33.2 Å². The van der Waals surface area contributed by atoms with Crippen molar-refractivity contribution in [3.05, 3.63) is 87.9 Å². The van der Waals surface area contributed by atoms with Crippen LogP contribution >= 0.6 is 11.6 Å². The molecule has 2 aliphatic heterocycles. The lowest BCUT2D eigenvalue weighted by Gasteiger charge is -2.36. The summed E-state index contributed by atoms with van der Waals surface area (Å²) >= 11 is 6.12. The Balaban J connectivity index is 1.91. The molecule has 3 aromatic rings. The summed E-state index contributed by atoms with van der Waals surface area (Å²) in [5.74, 6) is 0.601. The van der Waals surface area contributed by atoms with Crippen LogP contribution < -0.4 is 4.74 Å². The van der Waals surface area contributed by atoms with Gasteiger partial charge >= 0.3 is 5.97 Å². The summed E-state index contributed by atoms with van der Waals surface area (Å²) in [6, 6.07) is 17.3. The molecule has 0 unspecified atom stereocenters. The summed E-state index contributed by atoms with van der Waals surface area (Å²) in [5.41, 5.74) is 1.52. The molecular weight excluding hydrogens is 340 g/mol. The zero-order valence-electron chi connectivity index (χ0n) is 12.8. The third-order valence-corrected chi connectivity index (χ3v) is 4.89. The highest BCUT2D eigenvalue weighted by Crippen LogP contribution is 2.56. The van der Waals surface area contributed by atoms with Crippen LogP contribution in [-0.2, 0) is 10.3 Å². The SMILES string of the molecule is O=C1O[C@]2(c3ccc(O)cc3Oc3cc(Cl)ccc32)c2ccccc21.